The quantitative estimate of drug-likeness (QED) is 0.851. The average Bonchev–Trinajstić information content (AvgIpc) is 2.40. The largest absolute Gasteiger partial charge is 0.381 e. The normalized spacial score (nSPS) is 16.9. The van der Waals surface area contributed by atoms with E-state index in [1.165, 1.54) is 32.1 Å². The molecule has 1 N–H and O–H groups in total. The molecule has 1 aromatic heterocycles. The van der Waals surface area contributed by atoms with Crippen LogP contribution in [0, 0.1) is 0 Å². The Morgan fingerprint density at radius 3 is 2.83 bits per heavy atom. The van der Waals surface area contributed by atoms with E-state index >= 15 is 0 Å². The molecule has 1 saturated carbocycles. The lowest BCUT2D eigenvalue weighted by Crippen LogP contribution is -2.22. The van der Waals surface area contributed by atoms with Crippen molar-refractivity contribution in [3.63, 3.8) is 0 Å². The number of rotatable bonds is 2. The highest BCUT2D eigenvalue weighted by atomic mass is 35.5. The van der Waals surface area contributed by atoms with Crippen LogP contribution in [0.3, 0.4) is 0 Å². The Balaban J connectivity index is 1.94. The summed E-state index contributed by atoms with van der Waals surface area (Å²) < 4.78 is 0. The minimum atomic E-state index is 0.572. The molecule has 2 nitrogen and oxygen atoms in total. The van der Waals surface area contributed by atoms with Gasteiger partial charge in [0.1, 0.15) is 0 Å². The second-order valence-electron chi connectivity index (χ2n) is 5.01. The van der Waals surface area contributed by atoms with Crippen molar-refractivity contribution in [1.82, 2.24) is 4.98 Å². The van der Waals surface area contributed by atoms with Crippen LogP contribution in [0.2, 0.25) is 5.02 Å². The number of hydrogen-bond donors (Lipinski definition) is 1. The molecule has 1 aliphatic rings. The van der Waals surface area contributed by atoms with Gasteiger partial charge in [-0.1, -0.05) is 36.9 Å². The van der Waals surface area contributed by atoms with E-state index in [9.17, 15) is 0 Å². The lowest BCUT2D eigenvalue weighted by molar-refractivity contribution is 0.463. The van der Waals surface area contributed by atoms with Crippen molar-refractivity contribution in [3.05, 3.63) is 35.5 Å². The highest BCUT2D eigenvalue weighted by Crippen LogP contribution is 2.29. The standard InChI is InChI=1S/C15H17ClN2/c16-12-9-11-5-4-8-17-15(11)14(10-12)18-13-6-2-1-3-7-13/h4-5,8-10,13,18H,1-3,6-7H2. The maximum absolute atomic E-state index is 6.17. The minimum absolute atomic E-state index is 0.572. The van der Waals surface area contributed by atoms with Gasteiger partial charge in [-0.3, -0.25) is 4.98 Å². The number of aromatic nitrogens is 1. The molecule has 18 heavy (non-hydrogen) atoms. The third-order valence-electron chi connectivity index (χ3n) is 3.63. The zero-order chi connectivity index (χ0) is 12.4. The van der Waals surface area contributed by atoms with Crippen molar-refractivity contribution in [2.24, 2.45) is 0 Å². The van der Waals surface area contributed by atoms with E-state index in [4.69, 9.17) is 11.6 Å². The number of benzene rings is 1. The predicted octanol–water partition coefficient (Wildman–Crippen LogP) is 4.63. The molecule has 94 valence electrons. The number of nitrogens with zero attached hydrogens (tertiary/aromatic N) is 1. The molecule has 1 fully saturated rings. The highest BCUT2D eigenvalue weighted by molar-refractivity contribution is 6.31. The Bertz CT molecular complexity index is 547. The minimum Gasteiger partial charge on any atom is -0.381 e. The molecule has 1 aromatic carbocycles. The first-order valence-corrected chi connectivity index (χ1v) is 7.01. The number of fused-ring (bicyclic) bond motifs is 1. The van der Waals surface area contributed by atoms with Gasteiger partial charge in [0.15, 0.2) is 0 Å². The van der Waals surface area contributed by atoms with Crippen LogP contribution in [0.25, 0.3) is 10.9 Å². The zero-order valence-electron chi connectivity index (χ0n) is 10.3. The molecule has 1 heterocycles. The summed E-state index contributed by atoms with van der Waals surface area (Å²) in [6.45, 7) is 0. The van der Waals surface area contributed by atoms with Gasteiger partial charge in [0.25, 0.3) is 0 Å². The van der Waals surface area contributed by atoms with Crippen LogP contribution >= 0.6 is 11.6 Å². The van der Waals surface area contributed by atoms with Gasteiger partial charge in [-0.15, -0.1) is 0 Å². The van der Waals surface area contributed by atoms with E-state index in [2.05, 4.69) is 16.4 Å². The molecule has 0 aliphatic heterocycles. The Hall–Kier alpha value is -1.28. The molecule has 0 radical (unpaired) electrons. The van der Waals surface area contributed by atoms with Crippen molar-refractivity contribution in [2.45, 2.75) is 38.1 Å². The van der Waals surface area contributed by atoms with Gasteiger partial charge in [-0.25, -0.2) is 0 Å². The third kappa shape index (κ3) is 2.44. The second kappa shape index (κ2) is 5.15. The van der Waals surface area contributed by atoms with Gasteiger partial charge in [-0.05, 0) is 31.0 Å². The molecule has 3 heteroatoms. The average molecular weight is 261 g/mol. The number of pyridine rings is 1. The van der Waals surface area contributed by atoms with Crippen LogP contribution in [0.1, 0.15) is 32.1 Å². The Morgan fingerprint density at radius 1 is 1.17 bits per heavy atom. The van der Waals surface area contributed by atoms with Crippen LogP contribution in [-0.2, 0) is 0 Å². The fourth-order valence-corrected chi connectivity index (χ4v) is 2.96. The summed E-state index contributed by atoms with van der Waals surface area (Å²) in [7, 11) is 0. The molecular weight excluding hydrogens is 244 g/mol. The Labute approximate surface area is 112 Å². The summed E-state index contributed by atoms with van der Waals surface area (Å²) in [6, 6.07) is 8.53. The Kier molecular flexibility index (Phi) is 3.37. The number of nitrogens with one attached hydrogen (secondary N) is 1. The summed E-state index contributed by atoms with van der Waals surface area (Å²) in [5, 5.41) is 5.49. The SMILES string of the molecule is Clc1cc(NC2CCCCC2)c2ncccc2c1. The van der Waals surface area contributed by atoms with Gasteiger partial charge in [0.2, 0.25) is 0 Å². The monoisotopic (exact) mass is 260 g/mol. The molecule has 2 aromatic rings. The van der Waals surface area contributed by atoms with Crippen molar-refractivity contribution < 1.29 is 0 Å². The van der Waals surface area contributed by atoms with Gasteiger partial charge in [-0.2, -0.15) is 0 Å². The third-order valence-corrected chi connectivity index (χ3v) is 3.85. The van der Waals surface area contributed by atoms with Crippen molar-refractivity contribution >= 4 is 28.2 Å². The topological polar surface area (TPSA) is 24.9 Å². The smallest absolute Gasteiger partial charge is 0.0934 e. The van der Waals surface area contributed by atoms with E-state index in [1.807, 2.05) is 24.4 Å². The van der Waals surface area contributed by atoms with Crippen molar-refractivity contribution in [3.8, 4) is 0 Å². The van der Waals surface area contributed by atoms with Crippen LogP contribution in [0.5, 0.6) is 0 Å². The fraction of sp³-hybridized carbons (Fsp3) is 0.400. The molecule has 0 saturated heterocycles. The van der Waals surface area contributed by atoms with Gasteiger partial charge in [0, 0.05) is 22.6 Å². The maximum Gasteiger partial charge on any atom is 0.0934 e. The molecule has 0 spiro atoms. The zero-order valence-corrected chi connectivity index (χ0v) is 11.1. The van der Waals surface area contributed by atoms with Crippen molar-refractivity contribution in [2.75, 3.05) is 5.32 Å². The van der Waals surface area contributed by atoms with E-state index in [0.29, 0.717) is 6.04 Å². The summed E-state index contributed by atoms with van der Waals surface area (Å²) in [6.07, 6.45) is 8.35. The molecule has 1 aliphatic carbocycles. The number of anilines is 1. The molecule has 0 amide bonds. The summed E-state index contributed by atoms with van der Waals surface area (Å²) in [5.41, 5.74) is 2.09. The van der Waals surface area contributed by atoms with Crippen LogP contribution in [0.15, 0.2) is 30.5 Å². The van der Waals surface area contributed by atoms with Crippen molar-refractivity contribution in [1.29, 1.82) is 0 Å². The molecule has 0 atom stereocenters. The Morgan fingerprint density at radius 2 is 2.00 bits per heavy atom. The summed E-state index contributed by atoms with van der Waals surface area (Å²) in [5.74, 6) is 0. The van der Waals surface area contributed by atoms with E-state index in [-0.39, 0.29) is 0 Å². The summed E-state index contributed by atoms with van der Waals surface area (Å²) in [4.78, 5) is 4.47. The van der Waals surface area contributed by atoms with E-state index < -0.39 is 0 Å². The van der Waals surface area contributed by atoms with Crippen LogP contribution in [0.4, 0.5) is 5.69 Å². The van der Waals surface area contributed by atoms with E-state index in [0.717, 1.165) is 21.6 Å². The first-order valence-electron chi connectivity index (χ1n) is 6.64. The number of hydrogen-bond acceptors (Lipinski definition) is 2. The van der Waals surface area contributed by atoms with E-state index in [1.54, 1.807) is 0 Å². The van der Waals surface area contributed by atoms with Gasteiger partial charge >= 0.3 is 0 Å². The molecule has 3 rings (SSSR count). The van der Waals surface area contributed by atoms with Gasteiger partial charge < -0.3 is 5.32 Å². The molecule has 0 unspecified atom stereocenters. The molecular formula is C15H17ClN2. The second-order valence-corrected chi connectivity index (χ2v) is 5.44. The molecule has 0 bridgehead atoms. The fourth-order valence-electron chi connectivity index (χ4n) is 2.73. The predicted molar refractivity (Wildman–Crippen MR) is 77.2 cm³/mol. The van der Waals surface area contributed by atoms with Gasteiger partial charge in [0.05, 0.1) is 11.2 Å². The highest BCUT2D eigenvalue weighted by Gasteiger charge is 2.14. The maximum atomic E-state index is 6.17. The lowest BCUT2D eigenvalue weighted by atomic mass is 9.95. The van der Waals surface area contributed by atoms with Crippen LogP contribution in [-0.4, -0.2) is 11.0 Å². The lowest BCUT2D eigenvalue weighted by Gasteiger charge is -2.24. The number of halogens is 1. The summed E-state index contributed by atoms with van der Waals surface area (Å²) >= 11 is 6.17. The first-order chi connectivity index (χ1) is 8.83. The first kappa shape index (κ1) is 11.8. The van der Waals surface area contributed by atoms with Crippen LogP contribution < -0.4 is 5.32 Å².